The van der Waals surface area contributed by atoms with Crippen LogP contribution in [-0.2, 0) is 11.2 Å². The number of hydrogen-bond acceptors (Lipinski definition) is 4. The smallest absolute Gasteiger partial charge is 0.225 e. The van der Waals surface area contributed by atoms with Gasteiger partial charge >= 0.3 is 0 Å². The van der Waals surface area contributed by atoms with Gasteiger partial charge in [0.1, 0.15) is 10.8 Å². The van der Waals surface area contributed by atoms with E-state index in [0.29, 0.717) is 13.0 Å². The molecule has 5 heteroatoms. The molecule has 0 aliphatic carbocycles. The van der Waals surface area contributed by atoms with Crippen molar-refractivity contribution in [2.24, 2.45) is 0 Å². The maximum absolute atomic E-state index is 11.8. The molecule has 0 bridgehead atoms. The summed E-state index contributed by atoms with van der Waals surface area (Å²) in [6.07, 6.45) is 2.00. The topological polar surface area (TPSA) is 51.2 Å². The van der Waals surface area contributed by atoms with Gasteiger partial charge in [-0.1, -0.05) is 18.2 Å². The second kappa shape index (κ2) is 7.04. The van der Waals surface area contributed by atoms with Gasteiger partial charge in [0.15, 0.2) is 0 Å². The van der Waals surface area contributed by atoms with Gasteiger partial charge in [-0.05, 0) is 19.1 Å². The average molecular weight is 302 g/mol. The largest absolute Gasteiger partial charge is 0.496 e. The van der Waals surface area contributed by atoms with E-state index in [1.54, 1.807) is 13.2 Å². The van der Waals surface area contributed by atoms with Gasteiger partial charge in [0, 0.05) is 11.4 Å². The normalized spacial score (nSPS) is 10.2. The Morgan fingerprint density at radius 1 is 1.48 bits per heavy atom. The number of carbonyl (C=O) groups is 1. The van der Waals surface area contributed by atoms with Gasteiger partial charge in [-0.15, -0.1) is 17.9 Å². The molecule has 0 radical (unpaired) electrons. The molecule has 0 saturated heterocycles. The van der Waals surface area contributed by atoms with Gasteiger partial charge in [-0.2, -0.15) is 0 Å². The first-order valence-corrected chi connectivity index (χ1v) is 7.44. The van der Waals surface area contributed by atoms with Crippen molar-refractivity contribution in [3.63, 3.8) is 0 Å². The zero-order valence-corrected chi connectivity index (χ0v) is 13.0. The molecule has 0 unspecified atom stereocenters. The number of benzene rings is 1. The minimum absolute atomic E-state index is 0.0202. The van der Waals surface area contributed by atoms with E-state index in [1.165, 1.54) is 11.3 Å². The van der Waals surface area contributed by atoms with E-state index < -0.39 is 0 Å². The van der Waals surface area contributed by atoms with Crippen LogP contribution in [0.25, 0.3) is 10.6 Å². The van der Waals surface area contributed by atoms with Crippen LogP contribution in [0.4, 0.5) is 0 Å². The molecular weight excluding hydrogens is 284 g/mol. The predicted molar refractivity (Wildman–Crippen MR) is 85.7 cm³/mol. The highest BCUT2D eigenvalue weighted by Crippen LogP contribution is 2.34. The fourth-order valence-electron chi connectivity index (χ4n) is 1.92. The second-order valence-corrected chi connectivity index (χ2v) is 5.58. The minimum Gasteiger partial charge on any atom is -0.496 e. The van der Waals surface area contributed by atoms with E-state index in [4.69, 9.17) is 4.74 Å². The number of aromatic nitrogens is 1. The van der Waals surface area contributed by atoms with E-state index in [-0.39, 0.29) is 5.91 Å². The molecule has 1 aromatic heterocycles. The summed E-state index contributed by atoms with van der Waals surface area (Å²) in [7, 11) is 1.64. The molecule has 1 aromatic carbocycles. The van der Waals surface area contributed by atoms with E-state index >= 15 is 0 Å². The Morgan fingerprint density at radius 2 is 2.24 bits per heavy atom. The molecule has 0 aliphatic heterocycles. The number of carbonyl (C=O) groups excluding carboxylic acids is 1. The van der Waals surface area contributed by atoms with Gasteiger partial charge in [0.2, 0.25) is 5.91 Å². The highest BCUT2D eigenvalue weighted by molar-refractivity contribution is 7.15. The first-order valence-electron chi connectivity index (χ1n) is 6.63. The average Bonchev–Trinajstić information content (AvgIpc) is 2.86. The molecular formula is C16H18N2O2S. The molecule has 2 rings (SSSR count). The Morgan fingerprint density at radius 3 is 2.95 bits per heavy atom. The lowest BCUT2D eigenvalue weighted by Gasteiger charge is -2.04. The quantitative estimate of drug-likeness (QED) is 0.835. The highest BCUT2D eigenvalue weighted by atomic mass is 32.1. The Kier molecular flexibility index (Phi) is 5.11. The van der Waals surface area contributed by atoms with E-state index in [1.807, 2.05) is 31.2 Å². The number of amides is 1. The maximum atomic E-state index is 11.8. The zero-order valence-electron chi connectivity index (χ0n) is 12.2. The van der Waals surface area contributed by atoms with Crippen molar-refractivity contribution in [2.45, 2.75) is 13.3 Å². The van der Waals surface area contributed by atoms with Gasteiger partial charge < -0.3 is 10.1 Å². The molecule has 21 heavy (non-hydrogen) atoms. The summed E-state index contributed by atoms with van der Waals surface area (Å²) in [5.74, 6) is 0.766. The molecule has 110 valence electrons. The van der Waals surface area contributed by atoms with Crippen LogP contribution in [0.2, 0.25) is 0 Å². The minimum atomic E-state index is -0.0202. The van der Waals surface area contributed by atoms with Gasteiger partial charge in [0.25, 0.3) is 0 Å². The molecule has 0 spiro atoms. The number of para-hydroxylation sites is 1. The first kappa shape index (κ1) is 15.3. The lowest BCUT2D eigenvalue weighted by Crippen LogP contribution is -2.24. The van der Waals surface area contributed by atoms with Crippen LogP contribution < -0.4 is 10.1 Å². The number of thiazole rings is 1. The molecule has 2 aromatic rings. The Balaban J connectivity index is 2.22. The van der Waals surface area contributed by atoms with E-state index in [2.05, 4.69) is 16.9 Å². The number of ether oxygens (including phenoxy) is 1. The molecule has 0 fully saturated rings. The van der Waals surface area contributed by atoms with Crippen LogP contribution >= 0.6 is 11.3 Å². The fourth-order valence-corrected chi connectivity index (χ4v) is 3.01. The third kappa shape index (κ3) is 3.70. The lowest BCUT2D eigenvalue weighted by molar-refractivity contribution is -0.120. The van der Waals surface area contributed by atoms with Crippen molar-refractivity contribution >= 4 is 17.2 Å². The monoisotopic (exact) mass is 302 g/mol. The van der Waals surface area contributed by atoms with Crippen LogP contribution in [0, 0.1) is 6.92 Å². The van der Waals surface area contributed by atoms with Crippen molar-refractivity contribution in [1.29, 1.82) is 0 Å². The number of methoxy groups -OCH3 is 1. The molecule has 1 N–H and O–H groups in total. The third-order valence-electron chi connectivity index (χ3n) is 2.99. The van der Waals surface area contributed by atoms with Crippen molar-refractivity contribution in [2.75, 3.05) is 13.7 Å². The van der Waals surface area contributed by atoms with Crippen LogP contribution in [0.1, 0.15) is 10.6 Å². The summed E-state index contributed by atoms with van der Waals surface area (Å²) in [6.45, 7) is 5.99. The van der Waals surface area contributed by atoms with Crippen molar-refractivity contribution in [1.82, 2.24) is 10.3 Å². The third-order valence-corrected chi connectivity index (χ3v) is 4.19. The molecule has 0 saturated carbocycles. The number of nitrogens with one attached hydrogen (secondary N) is 1. The Hall–Kier alpha value is -2.14. The summed E-state index contributed by atoms with van der Waals surface area (Å²) in [6, 6.07) is 7.75. The van der Waals surface area contributed by atoms with Crippen molar-refractivity contribution in [3.05, 3.63) is 47.5 Å². The Bertz CT molecular complexity index is 649. The standard InChI is InChI=1S/C16H18N2O2S/c1-4-9-17-15(19)10-14-11(2)18-16(21-14)12-7-5-6-8-13(12)20-3/h4-8H,1,9-10H2,2-3H3,(H,17,19). The summed E-state index contributed by atoms with van der Waals surface area (Å²) < 4.78 is 5.36. The highest BCUT2D eigenvalue weighted by Gasteiger charge is 2.14. The molecule has 4 nitrogen and oxygen atoms in total. The fraction of sp³-hybridized carbons (Fsp3) is 0.250. The van der Waals surface area contributed by atoms with Crippen molar-refractivity contribution < 1.29 is 9.53 Å². The van der Waals surface area contributed by atoms with Crippen LogP contribution in [-0.4, -0.2) is 24.5 Å². The van der Waals surface area contributed by atoms with Crippen LogP contribution in [0.5, 0.6) is 5.75 Å². The molecule has 0 atom stereocenters. The number of rotatable bonds is 6. The maximum Gasteiger partial charge on any atom is 0.225 e. The van der Waals surface area contributed by atoms with E-state index in [0.717, 1.165) is 26.9 Å². The number of hydrogen-bond donors (Lipinski definition) is 1. The van der Waals surface area contributed by atoms with Gasteiger partial charge in [-0.3, -0.25) is 4.79 Å². The second-order valence-electron chi connectivity index (χ2n) is 4.50. The van der Waals surface area contributed by atoms with E-state index in [9.17, 15) is 4.79 Å². The zero-order chi connectivity index (χ0) is 15.2. The van der Waals surface area contributed by atoms with Crippen molar-refractivity contribution in [3.8, 4) is 16.3 Å². The number of nitrogens with zero attached hydrogens (tertiary/aromatic N) is 1. The number of aryl methyl sites for hydroxylation is 1. The van der Waals surface area contributed by atoms with Gasteiger partial charge in [-0.25, -0.2) is 4.98 Å². The summed E-state index contributed by atoms with van der Waals surface area (Å²) >= 11 is 1.53. The summed E-state index contributed by atoms with van der Waals surface area (Å²) in [5.41, 5.74) is 1.83. The van der Waals surface area contributed by atoms with Crippen LogP contribution in [0.15, 0.2) is 36.9 Å². The summed E-state index contributed by atoms with van der Waals surface area (Å²) in [4.78, 5) is 17.3. The SMILES string of the molecule is C=CCNC(=O)Cc1sc(-c2ccccc2OC)nc1C. The molecule has 0 aliphatic rings. The molecule has 1 amide bonds. The van der Waals surface area contributed by atoms with Gasteiger partial charge in [0.05, 0.1) is 24.8 Å². The van der Waals surface area contributed by atoms with Crippen LogP contribution in [0.3, 0.4) is 0 Å². The summed E-state index contributed by atoms with van der Waals surface area (Å²) in [5, 5.41) is 3.65. The molecule has 1 heterocycles. The lowest BCUT2D eigenvalue weighted by atomic mass is 10.2. The Labute approximate surface area is 128 Å². The first-order chi connectivity index (χ1) is 10.2. The predicted octanol–water partition coefficient (Wildman–Crippen LogP) is 2.97.